The zero-order chi connectivity index (χ0) is 26.5. The Morgan fingerprint density at radius 3 is 2.58 bits per heavy atom. The minimum absolute atomic E-state index is 0.0471. The fraction of sp³-hybridized carbons (Fsp3) is 0.286. The van der Waals surface area contributed by atoms with Crippen molar-refractivity contribution < 1.29 is 27.5 Å². The molecule has 1 aromatic carbocycles. The van der Waals surface area contributed by atoms with Gasteiger partial charge in [-0.15, -0.1) is 11.3 Å². The smallest absolute Gasteiger partial charge is 0.417 e. The van der Waals surface area contributed by atoms with Gasteiger partial charge in [0.05, 0.1) is 23.3 Å². The average molecular weight is 563 g/mol. The largest absolute Gasteiger partial charge is 0.475 e. The average Bonchev–Trinajstić information content (AvgIpc) is 3.28. The number of anilines is 1. The van der Waals surface area contributed by atoms with E-state index >= 15 is 0 Å². The number of nitrogens with one attached hydrogen (secondary N) is 2. The minimum atomic E-state index is -4.67. The van der Waals surface area contributed by atoms with E-state index in [4.69, 9.17) is 27.9 Å². The highest BCUT2D eigenvalue weighted by molar-refractivity contribution is 7.13. The molecular weight excluding hydrogens is 544 g/mol. The van der Waals surface area contributed by atoms with E-state index in [0.717, 1.165) is 29.8 Å². The Labute approximate surface area is 217 Å². The van der Waals surface area contributed by atoms with Gasteiger partial charge in [-0.05, 0) is 32.3 Å². The number of hydrogen-bond acceptors (Lipinski definition) is 8. The molecule has 3 aromatic rings. The van der Waals surface area contributed by atoms with Gasteiger partial charge in [-0.1, -0.05) is 23.2 Å². The first kappa shape index (κ1) is 27.6. The summed E-state index contributed by atoms with van der Waals surface area (Å²) in [6.07, 6.45) is -2.27. The van der Waals surface area contributed by atoms with Crippen molar-refractivity contribution in [2.45, 2.75) is 12.7 Å². The number of halogens is 5. The molecule has 0 unspecified atom stereocenters. The lowest BCUT2D eigenvalue weighted by atomic mass is 10.2. The summed E-state index contributed by atoms with van der Waals surface area (Å²) < 4.78 is 44.6. The molecule has 0 aliphatic rings. The molecule has 15 heteroatoms. The zero-order valence-corrected chi connectivity index (χ0v) is 21.1. The van der Waals surface area contributed by atoms with E-state index in [1.54, 1.807) is 0 Å². The van der Waals surface area contributed by atoms with Crippen LogP contribution >= 0.6 is 34.5 Å². The fourth-order valence-electron chi connectivity index (χ4n) is 2.69. The topological polar surface area (TPSA) is 109 Å². The molecule has 2 amide bonds. The second-order valence-corrected chi connectivity index (χ2v) is 9.34. The lowest BCUT2D eigenvalue weighted by molar-refractivity contribution is -0.137. The number of likely N-dealkylation sites (N-methyl/N-ethyl adjacent to an activating group) is 1. The molecule has 2 aromatic heterocycles. The highest BCUT2D eigenvalue weighted by atomic mass is 35.5. The zero-order valence-electron chi connectivity index (χ0n) is 18.8. The molecule has 9 nitrogen and oxygen atoms in total. The lowest BCUT2D eigenvalue weighted by Gasteiger charge is -2.12. The van der Waals surface area contributed by atoms with Crippen molar-refractivity contribution >= 4 is 52.0 Å². The Hall–Kier alpha value is -3.00. The highest BCUT2D eigenvalue weighted by Crippen LogP contribution is 2.36. The van der Waals surface area contributed by atoms with Crippen LogP contribution in [-0.2, 0) is 12.7 Å². The molecular formula is C21H19Cl2F3N6O3S. The standard InChI is InChI=1S/C21H19Cl2F3N6O3S/c1-32(2)5-6-35-20-16(23)17(29-10-30-20)19(34)28-9-15-27-8-14(36-15)18(33)31-11-3-4-13(22)12(7-11)21(24,25)26/h3-4,7-8,10H,5-6,9H2,1-2H3,(H,28,34)(H,31,33). The summed E-state index contributed by atoms with van der Waals surface area (Å²) in [6, 6.07) is 3.04. The van der Waals surface area contributed by atoms with Crippen LogP contribution in [0.25, 0.3) is 0 Å². The molecule has 0 fully saturated rings. The van der Waals surface area contributed by atoms with Gasteiger partial charge in [0.15, 0.2) is 5.69 Å². The van der Waals surface area contributed by atoms with Gasteiger partial charge in [0, 0.05) is 12.2 Å². The molecule has 0 saturated carbocycles. The normalized spacial score (nSPS) is 11.4. The predicted octanol–water partition coefficient (Wildman–Crippen LogP) is 4.38. The molecule has 0 bridgehead atoms. The van der Waals surface area contributed by atoms with E-state index in [-0.39, 0.29) is 33.7 Å². The second kappa shape index (κ2) is 11.8. The Morgan fingerprint density at radius 1 is 1.14 bits per heavy atom. The maximum atomic E-state index is 13.0. The molecule has 2 heterocycles. The third kappa shape index (κ3) is 7.26. The molecule has 36 heavy (non-hydrogen) atoms. The van der Waals surface area contributed by atoms with E-state index in [9.17, 15) is 22.8 Å². The van der Waals surface area contributed by atoms with Crippen molar-refractivity contribution in [2.24, 2.45) is 0 Å². The number of thiazole rings is 1. The predicted molar refractivity (Wildman–Crippen MR) is 129 cm³/mol. The highest BCUT2D eigenvalue weighted by Gasteiger charge is 2.33. The molecule has 0 aliphatic heterocycles. The van der Waals surface area contributed by atoms with Crippen LogP contribution in [0.3, 0.4) is 0 Å². The molecule has 0 atom stereocenters. The minimum Gasteiger partial charge on any atom is -0.475 e. The van der Waals surface area contributed by atoms with E-state index in [1.807, 2.05) is 19.0 Å². The van der Waals surface area contributed by atoms with Crippen LogP contribution in [0.15, 0.2) is 30.7 Å². The van der Waals surface area contributed by atoms with Gasteiger partial charge < -0.3 is 20.3 Å². The summed E-state index contributed by atoms with van der Waals surface area (Å²) in [5.74, 6) is -1.21. The summed E-state index contributed by atoms with van der Waals surface area (Å²) in [7, 11) is 3.75. The molecule has 3 rings (SSSR count). The van der Waals surface area contributed by atoms with Gasteiger partial charge in [-0.2, -0.15) is 13.2 Å². The third-order valence-corrected chi connectivity index (χ3v) is 6.12. The number of aromatic nitrogens is 3. The number of carbonyl (C=O) groups is 2. The van der Waals surface area contributed by atoms with Crippen molar-refractivity contribution in [3.63, 3.8) is 0 Å². The van der Waals surface area contributed by atoms with Gasteiger partial charge >= 0.3 is 6.18 Å². The molecule has 0 saturated heterocycles. The fourth-order valence-corrected chi connectivity index (χ4v) is 3.90. The lowest BCUT2D eigenvalue weighted by Crippen LogP contribution is -2.25. The van der Waals surface area contributed by atoms with Crippen LogP contribution in [-0.4, -0.2) is 58.9 Å². The molecule has 0 spiro atoms. The first-order valence-electron chi connectivity index (χ1n) is 10.1. The Bertz CT molecular complexity index is 1260. The van der Waals surface area contributed by atoms with Gasteiger partial charge in [0.1, 0.15) is 27.8 Å². The van der Waals surface area contributed by atoms with E-state index in [0.29, 0.717) is 18.2 Å². The van der Waals surface area contributed by atoms with Crippen molar-refractivity contribution in [2.75, 3.05) is 32.6 Å². The first-order chi connectivity index (χ1) is 17.0. The third-order valence-electron chi connectivity index (χ3n) is 4.46. The van der Waals surface area contributed by atoms with Crippen molar-refractivity contribution in [3.8, 4) is 5.88 Å². The number of amides is 2. The van der Waals surface area contributed by atoms with Gasteiger partial charge in [0.2, 0.25) is 5.88 Å². The number of ether oxygens (including phenoxy) is 1. The Kier molecular flexibility index (Phi) is 9.06. The van der Waals surface area contributed by atoms with Crippen molar-refractivity contribution in [3.05, 3.63) is 61.9 Å². The van der Waals surface area contributed by atoms with Crippen LogP contribution in [0.1, 0.15) is 30.7 Å². The number of carbonyl (C=O) groups excluding carboxylic acids is 2. The van der Waals surface area contributed by atoms with Crippen LogP contribution in [0.5, 0.6) is 5.88 Å². The summed E-state index contributed by atoms with van der Waals surface area (Å²) in [4.78, 5) is 38.9. The van der Waals surface area contributed by atoms with E-state index < -0.39 is 28.6 Å². The summed E-state index contributed by atoms with van der Waals surface area (Å²) in [5.41, 5.74) is -1.24. The number of nitrogens with zero attached hydrogens (tertiary/aromatic N) is 4. The maximum absolute atomic E-state index is 13.0. The number of rotatable bonds is 9. The van der Waals surface area contributed by atoms with Crippen LogP contribution in [0, 0.1) is 0 Å². The van der Waals surface area contributed by atoms with Crippen LogP contribution in [0.4, 0.5) is 18.9 Å². The molecule has 0 aliphatic carbocycles. The first-order valence-corrected chi connectivity index (χ1v) is 11.7. The number of benzene rings is 1. The van der Waals surface area contributed by atoms with Gasteiger partial charge in [-0.3, -0.25) is 9.59 Å². The second-order valence-electron chi connectivity index (χ2n) is 7.44. The van der Waals surface area contributed by atoms with Crippen LogP contribution in [0.2, 0.25) is 10.0 Å². The maximum Gasteiger partial charge on any atom is 0.417 e. The molecule has 2 N–H and O–H groups in total. The van der Waals surface area contributed by atoms with Crippen molar-refractivity contribution in [1.82, 2.24) is 25.2 Å². The van der Waals surface area contributed by atoms with Gasteiger partial charge in [0.25, 0.3) is 11.8 Å². The van der Waals surface area contributed by atoms with E-state index in [2.05, 4.69) is 25.6 Å². The summed E-state index contributed by atoms with van der Waals surface area (Å²) >= 11 is 12.7. The molecule has 0 radical (unpaired) electrons. The summed E-state index contributed by atoms with van der Waals surface area (Å²) in [6.45, 7) is 0.874. The Morgan fingerprint density at radius 2 is 1.89 bits per heavy atom. The number of alkyl halides is 3. The molecule has 192 valence electrons. The monoisotopic (exact) mass is 562 g/mol. The van der Waals surface area contributed by atoms with Gasteiger partial charge in [-0.25, -0.2) is 15.0 Å². The van der Waals surface area contributed by atoms with E-state index in [1.165, 1.54) is 12.3 Å². The quantitative estimate of drug-likeness (QED) is 0.398. The van der Waals surface area contributed by atoms with Crippen LogP contribution < -0.4 is 15.4 Å². The van der Waals surface area contributed by atoms with Crippen molar-refractivity contribution in [1.29, 1.82) is 0 Å². The Balaban J connectivity index is 1.60. The SMILES string of the molecule is CN(C)CCOc1ncnc(C(=O)NCc2ncc(C(=O)Nc3ccc(Cl)c(C(F)(F)F)c3)s2)c1Cl. The number of hydrogen-bond donors (Lipinski definition) is 2. The summed E-state index contributed by atoms with van der Waals surface area (Å²) in [5, 5.41) is 4.80.